The molecule has 0 atom stereocenters. The number of nitrogens with zero attached hydrogens (tertiary/aromatic N) is 2. The maximum Gasteiger partial charge on any atom is 0.343 e. The summed E-state index contributed by atoms with van der Waals surface area (Å²) in [7, 11) is 0. The van der Waals surface area contributed by atoms with Crippen LogP contribution in [0.5, 0.6) is 5.75 Å². The van der Waals surface area contributed by atoms with Crippen LogP contribution in [0.3, 0.4) is 0 Å². The Kier molecular flexibility index (Phi) is 6.55. The van der Waals surface area contributed by atoms with E-state index in [0.717, 1.165) is 22.2 Å². The zero-order valence-corrected chi connectivity index (χ0v) is 18.8. The Balaban J connectivity index is 1.47. The molecule has 0 unspecified atom stereocenters. The van der Waals surface area contributed by atoms with Crippen LogP contribution in [-0.2, 0) is 11.3 Å². The highest BCUT2D eigenvalue weighted by Crippen LogP contribution is 2.34. The van der Waals surface area contributed by atoms with Gasteiger partial charge in [0.2, 0.25) is 0 Å². The first-order chi connectivity index (χ1) is 16.3. The van der Waals surface area contributed by atoms with Crippen molar-refractivity contribution in [2.75, 3.05) is 0 Å². The molecule has 170 valence electrons. The lowest BCUT2D eigenvalue weighted by Crippen LogP contribution is -2.27. The number of thioether (sulfide) groups is 1. The summed E-state index contributed by atoms with van der Waals surface area (Å²) < 4.78 is 5.43. The molecule has 1 fully saturated rings. The second kappa shape index (κ2) is 9.72. The second-order valence-corrected chi connectivity index (χ2v) is 8.51. The number of amides is 2. The van der Waals surface area contributed by atoms with E-state index < -0.39 is 22.0 Å². The summed E-state index contributed by atoms with van der Waals surface area (Å²) in [5.74, 6) is -0.652. The minimum Gasteiger partial charge on any atom is -0.423 e. The van der Waals surface area contributed by atoms with Crippen LogP contribution < -0.4 is 4.74 Å². The van der Waals surface area contributed by atoms with E-state index >= 15 is 0 Å². The van der Waals surface area contributed by atoms with Gasteiger partial charge in [0.15, 0.2) is 0 Å². The number of hydrogen-bond donors (Lipinski definition) is 0. The first kappa shape index (κ1) is 22.9. The standard InChI is InChI=1S/C25H18N2O6S/c1-16-5-9-19(10-6-16)24(29)33-21-4-2-3-18(13-21)14-22-23(28)26(25(30)34-22)15-17-7-11-20(12-8-17)27(31)32/h2-14H,15H2,1H3/b22-14-. The van der Waals surface area contributed by atoms with Crippen LogP contribution in [0.25, 0.3) is 6.08 Å². The van der Waals surface area contributed by atoms with Crippen LogP contribution in [0.15, 0.2) is 77.7 Å². The summed E-state index contributed by atoms with van der Waals surface area (Å²) in [4.78, 5) is 49.2. The molecule has 1 aliphatic rings. The van der Waals surface area contributed by atoms with Crippen molar-refractivity contribution in [3.05, 3.63) is 110 Å². The monoisotopic (exact) mass is 474 g/mol. The average molecular weight is 474 g/mol. The number of rotatable bonds is 6. The largest absolute Gasteiger partial charge is 0.423 e. The zero-order chi connectivity index (χ0) is 24.2. The van der Waals surface area contributed by atoms with Gasteiger partial charge in [-0.3, -0.25) is 24.6 Å². The van der Waals surface area contributed by atoms with E-state index in [2.05, 4.69) is 0 Å². The minimum atomic E-state index is -0.515. The molecule has 1 heterocycles. The molecule has 0 aromatic heterocycles. The number of imide groups is 1. The Morgan fingerprint density at radius 3 is 2.44 bits per heavy atom. The van der Waals surface area contributed by atoms with E-state index in [4.69, 9.17) is 4.74 Å². The van der Waals surface area contributed by atoms with Crippen LogP contribution >= 0.6 is 11.8 Å². The summed E-state index contributed by atoms with van der Waals surface area (Å²) in [6.45, 7) is 1.93. The smallest absolute Gasteiger partial charge is 0.343 e. The maximum atomic E-state index is 12.8. The van der Waals surface area contributed by atoms with Crippen molar-refractivity contribution in [3.63, 3.8) is 0 Å². The fraction of sp³-hybridized carbons (Fsp3) is 0.0800. The van der Waals surface area contributed by atoms with Gasteiger partial charge in [-0.15, -0.1) is 0 Å². The summed E-state index contributed by atoms with van der Waals surface area (Å²) in [5, 5.41) is 10.4. The summed E-state index contributed by atoms with van der Waals surface area (Å²) in [5.41, 5.74) is 2.57. The molecular formula is C25H18N2O6S. The van der Waals surface area contributed by atoms with Crippen molar-refractivity contribution in [2.24, 2.45) is 0 Å². The highest BCUT2D eigenvalue weighted by molar-refractivity contribution is 8.18. The van der Waals surface area contributed by atoms with E-state index in [1.54, 1.807) is 42.5 Å². The third-order valence-electron chi connectivity index (χ3n) is 5.02. The van der Waals surface area contributed by atoms with Crippen molar-refractivity contribution < 1.29 is 24.0 Å². The van der Waals surface area contributed by atoms with E-state index in [9.17, 15) is 24.5 Å². The van der Waals surface area contributed by atoms with E-state index in [1.807, 2.05) is 19.1 Å². The number of non-ortho nitro benzene ring substituents is 1. The molecule has 1 saturated heterocycles. The molecule has 0 N–H and O–H groups in total. The molecule has 9 heteroatoms. The van der Waals surface area contributed by atoms with E-state index in [0.29, 0.717) is 22.4 Å². The van der Waals surface area contributed by atoms with Gasteiger partial charge in [0.1, 0.15) is 5.75 Å². The number of ether oxygens (including phenoxy) is 1. The normalized spacial score (nSPS) is 14.5. The molecule has 3 aromatic carbocycles. The number of carbonyl (C=O) groups is 3. The molecule has 0 radical (unpaired) electrons. The number of nitro groups is 1. The first-order valence-electron chi connectivity index (χ1n) is 10.2. The third-order valence-corrected chi connectivity index (χ3v) is 5.92. The molecule has 4 rings (SSSR count). The van der Waals surface area contributed by atoms with Gasteiger partial charge in [-0.05, 0) is 60.2 Å². The van der Waals surface area contributed by atoms with Gasteiger partial charge in [0, 0.05) is 12.1 Å². The molecule has 0 spiro atoms. The Morgan fingerprint density at radius 2 is 1.76 bits per heavy atom. The molecule has 1 aliphatic heterocycles. The van der Waals surface area contributed by atoms with Crippen molar-refractivity contribution in [1.29, 1.82) is 0 Å². The molecule has 3 aromatic rings. The summed E-state index contributed by atoms with van der Waals surface area (Å²) >= 11 is 0.804. The Labute approximate surface area is 199 Å². The second-order valence-electron chi connectivity index (χ2n) is 7.52. The van der Waals surface area contributed by atoms with Gasteiger partial charge in [0.05, 0.1) is 21.9 Å². The van der Waals surface area contributed by atoms with Gasteiger partial charge in [0.25, 0.3) is 16.8 Å². The van der Waals surface area contributed by atoms with Crippen LogP contribution in [-0.4, -0.2) is 26.9 Å². The lowest BCUT2D eigenvalue weighted by molar-refractivity contribution is -0.384. The van der Waals surface area contributed by atoms with E-state index in [1.165, 1.54) is 24.3 Å². The number of hydrogen-bond acceptors (Lipinski definition) is 7. The zero-order valence-electron chi connectivity index (χ0n) is 18.0. The number of aryl methyl sites for hydroxylation is 1. The number of benzene rings is 3. The fourth-order valence-corrected chi connectivity index (χ4v) is 4.06. The van der Waals surface area contributed by atoms with Crippen molar-refractivity contribution in [1.82, 2.24) is 4.90 Å². The highest BCUT2D eigenvalue weighted by atomic mass is 32.2. The van der Waals surface area contributed by atoms with Crippen LogP contribution in [0.4, 0.5) is 10.5 Å². The maximum absolute atomic E-state index is 12.8. The lowest BCUT2D eigenvalue weighted by atomic mass is 10.1. The molecular weight excluding hydrogens is 456 g/mol. The van der Waals surface area contributed by atoms with Gasteiger partial charge in [-0.1, -0.05) is 42.0 Å². The Hall–Kier alpha value is -4.24. The quantitative estimate of drug-likeness (QED) is 0.156. The molecule has 34 heavy (non-hydrogen) atoms. The lowest BCUT2D eigenvalue weighted by Gasteiger charge is -2.12. The van der Waals surface area contributed by atoms with Gasteiger partial charge in [-0.25, -0.2) is 4.79 Å². The van der Waals surface area contributed by atoms with Gasteiger partial charge in [-0.2, -0.15) is 0 Å². The molecule has 0 bridgehead atoms. The number of carbonyl (C=O) groups excluding carboxylic acids is 3. The Morgan fingerprint density at radius 1 is 1.06 bits per heavy atom. The van der Waals surface area contributed by atoms with Gasteiger partial charge < -0.3 is 4.74 Å². The minimum absolute atomic E-state index is 0.00814. The molecule has 2 amide bonds. The third kappa shape index (κ3) is 5.21. The average Bonchev–Trinajstić information content (AvgIpc) is 3.07. The van der Waals surface area contributed by atoms with Crippen molar-refractivity contribution >= 4 is 40.6 Å². The summed E-state index contributed by atoms with van der Waals surface area (Å²) in [6, 6.07) is 19.3. The van der Waals surface area contributed by atoms with Crippen molar-refractivity contribution in [2.45, 2.75) is 13.5 Å². The first-order valence-corrected chi connectivity index (χ1v) is 11.0. The molecule has 8 nitrogen and oxygen atoms in total. The van der Waals surface area contributed by atoms with Crippen LogP contribution in [0.1, 0.15) is 27.0 Å². The highest BCUT2D eigenvalue weighted by Gasteiger charge is 2.35. The predicted molar refractivity (Wildman–Crippen MR) is 127 cm³/mol. The van der Waals surface area contributed by atoms with Crippen LogP contribution in [0, 0.1) is 17.0 Å². The number of esters is 1. The predicted octanol–water partition coefficient (Wildman–Crippen LogP) is 5.36. The SMILES string of the molecule is Cc1ccc(C(=O)Oc2cccc(/C=C3\SC(=O)N(Cc4ccc([N+](=O)[O-])cc4)C3=O)c2)cc1. The Bertz CT molecular complexity index is 1320. The summed E-state index contributed by atoms with van der Waals surface area (Å²) in [6.07, 6.45) is 1.56. The topological polar surface area (TPSA) is 107 Å². The van der Waals surface area contributed by atoms with Gasteiger partial charge >= 0.3 is 5.97 Å². The van der Waals surface area contributed by atoms with E-state index in [-0.39, 0.29) is 17.1 Å². The van der Waals surface area contributed by atoms with Crippen LogP contribution in [0.2, 0.25) is 0 Å². The molecule has 0 aliphatic carbocycles. The fourth-order valence-electron chi connectivity index (χ4n) is 3.22. The molecule has 0 saturated carbocycles. The van der Waals surface area contributed by atoms with Crippen molar-refractivity contribution in [3.8, 4) is 5.75 Å². The number of nitro benzene ring substituents is 1.